The average Bonchev–Trinajstić information content (AvgIpc) is 2.96. The molecule has 0 unspecified atom stereocenters. The van der Waals surface area contributed by atoms with Crippen molar-refractivity contribution in [3.63, 3.8) is 0 Å². The predicted molar refractivity (Wildman–Crippen MR) is 80.2 cm³/mol. The molecule has 0 fully saturated rings. The van der Waals surface area contributed by atoms with Crippen LogP contribution in [-0.2, 0) is 5.75 Å². The van der Waals surface area contributed by atoms with Crippen molar-refractivity contribution >= 4 is 17.4 Å². The Morgan fingerprint density at radius 3 is 3.25 bits per heavy atom. The van der Waals surface area contributed by atoms with Crippen LogP contribution in [-0.4, -0.2) is 29.0 Å². The lowest BCUT2D eigenvalue weighted by molar-refractivity contribution is 0.322. The van der Waals surface area contributed by atoms with Gasteiger partial charge in [0.15, 0.2) is 11.6 Å². The van der Waals surface area contributed by atoms with Crippen molar-refractivity contribution in [3.05, 3.63) is 24.0 Å². The van der Waals surface area contributed by atoms with Crippen molar-refractivity contribution in [2.24, 2.45) is 0 Å². The van der Waals surface area contributed by atoms with E-state index in [-0.39, 0.29) is 0 Å². The van der Waals surface area contributed by atoms with E-state index in [2.05, 4.69) is 22.4 Å². The second kappa shape index (κ2) is 6.17. The highest BCUT2D eigenvalue weighted by atomic mass is 32.2. The van der Waals surface area contributed by atoms with Crippen molar-refractivity contribution in [3.8, 4) is 17.2 Å². The normalized spacial score (nSPS) is 13.4. The van der Waals surface area contributed by atoms with Gasteiger partial charge in [-0.2, -0.15) is 16.7 Å². The van der Waals surface area contributed by atoms with Crippen LogP contribution in [0.25, 0.3) is 11.5 Å². The molecule has 1 aromatic heterocycles. The number of nitrogens with one attached hydrogen (secondary N) is 1. The lowest BCUT2D eigenvalue weighted by atomic mass is 10.1. The average molecular weight is 291 g/mol. The predicted octanol–water partition coefficient (Wildman–Crippen LogP) is 3.18. The Labute approximate surface area is 122 Å². The molecule has 20 heavy (non-hydrogen) atoms. The van der Waals surface area contributed by atoms with Crippen molar-refractivity contribution in [1.29, 1.82) is 0 Å². The summed E-state index contributed by atoms with van der Waals surface area (Å²) in [5.41, 5.74) is 1.84. The van der Waals surface area contributed by atoms with Crippen molar-refractivity contribution in [2.45, 2.75) is 19.1 Å². The molecule has 0 radical (unpaired) electrons. The largest absolute Gasteiger partial charge is 0.489 e. The van der Waals surface area contributed by atoms with Crippen LogP contribution in [0.4, 0.5) is 5.69 Å². The topological polar surface area (TPSA) is 60.2 Å². The van der Waals surface area contributed by atoms with Crippen LogP contribution in [0.3, 0.4) is 0 Å². The van der Waals surface area contributed by atoms with Gasteiger partial charge in [0, 0.05) is 6.54 Å². The second-order valence-corrected chi connectivity index (χ2v) is 5.63. The number of aromatic nitrogens is 2. The summed E-state index contributed by atoms with van der Waals surface area (Å²) in [5.74, 6) is 3.95. The zero-order chi connectivity index (χ0) is 13.8. The summed E-state index contributed by atoms with van der Waals surface area (Å²) in [5, 5.41) is 7.33. The molecule has 0 amide bonds. The van der Waals surface area contributed by atoms with Gasteiger partial charge >= 0.3 is 0 Å². The fourth-order valence-corrected chi connectivity index (χ4v) is 2.80. The van der Waals surface area contributed by atoms with E-state index in [1.807, 2.05) is 30.0 Å². The van der Waals surface area contributed by atoms with Crippen LogP contribution in [0.1, 0.15) is 19.2 Å². The molecule has 0 saturated carbocycles. The first-order valence-corrected chi connectivity index (χ1v) is 7.94. The van der Waals surface area contributed by atoms with E-state index in [4.69, 9.17) is 9.26 Å². The number of hydrogen-bond donors (Lipinski definition) is 1. The van der Waals surface area contributed by atoms with Gasteiger partial charge in [0.1, 0.15) is 6.61 Å². The standard InChI is InChI=1S/C14H17N3O2S/c1-2-8-20-9-12-16-14(19-17-12)10-4-3-5-11-13(10)18-7-6-15-11/h3-5,15H,2,6-9H2,1H3. The van der Waals surface area contributed by atoms with Crippen LogP contribution in [0.15, 0.2) is 22.7 Å². The van der Waals surface area contributed by atoms with Crippen molar-refractivity contribution in [2.75, 3.05) is 24.2 Å². The van der Waals surface area contributed by atoms with Crippen LogP contribution < -0.4 is 10.1 Å². The third kappa shape index (κ3) is 2.75. The number of benzene rings is 1. The monoisotopic (exact) mass is 291 g/mol. The molecule has 0 saturated heterocycles. The zero-order valence-electron chi connectivity index (χ0n) is 11.4. The minimum atomic E-state index is 0.526. The maximum atomic E-state index is 5.72. The summed E-state index contributed by atoms with van der Waals surface area (Å²) < 4.78 is 11.1. The van der Waals surface area contributed by atoms with E-state index in [9.17, 15) is 0 Å². The Bertz CT molecular complexity index is 586. The highest BCUT2D eigenvalue weighted by Gasteiger charge is 2.19. The molecular formula is C14H17N3O2S. The third-order valence-electron chi connectivity index (χ3n) is 2.96. The molecule has 5 nitrogen and oxygen atoms in total. The van der Waals surface area contributed by atoms with Crippen LogP contribution in [0, 0.1) is 0 Å². The van der Waals surface area contributed by atoms with Gasteiger partial charge in [-0.15, -0.1) is 0 Å². The lowest BCUT2D eigenvalue weighted by Crippen LogP contribution is -2.18. The zero-order valence-corrected chi connectivity index (χ0v) is 12.2. The molecule has 1 aromatic carbocycles. The summed E-state index contributed by atoms with van der Waals surface area (Å²) in [6.45, 7) is 3.63. The minimum Gasteiger partial charge on any atom is -0.489 e. The molecule has 3 rings (SSSR count). The number of fused-ring (bicyclic) bond motifs is 1. The molecule has 6 heteroatoms. The van der Waals surface area contributed by atoms with Gasteiger partial charge in [0.25, 0.3) is 5.89 Å². The van der Waals surface area contributed by atoms with Crippen LogP contribution in [0.5, 0.6) is 5.75 Å². The first kappa shape index (κ1) is 13.3. The first-order chi connectivity index (χ1) is 9.88. The van der Waals surface area contributed by atoms with E-state index in [1.165, 1.54) is 0 Å². The Balaban J connectivity index is 1.82. The molecule has 1 aliphatic heterocycles. The fraction of sp³-hybridized carbons (Fsp3) is 0.429. The number of rotatable bonds is 5. The van der Waals surface area contributed by atoms with E-state index in [0.29, 0.717) is 12.5 Å². The van der Waals surface area contributed by atoms with Gasteiger partial charge in [-0.25, -0.2) is 0 Å². The number of ether oxygens (including phenoxy) is 1. The Kier molecular flexibility index (Phi) is 4.11. The van der Waals surface area contributed by atoms with Crippen LogP contribution >= 0.6 is 11.8 Å². The first-order valence-electron chi connectivity index (χ1n) is 6.79. The maximum Gasteiger partial charge on any atom is 0.261 e. The summed E-state index contributed by atoms with van der Waals surface area (Å²) in [7, 11) is 0. The van der Waals surface area contributed by atoms with E-state index in [0.717, 1.165) is 47.3 Å². The quantitative estimate of drug-likeness (QED) is 0.854. The number of anilines is 1. The SMILES string of the molecule is CCCSCc1noc(-c2cccc3c2OCCN3)n1. The van der Waals surface area contributed by atoms with E-state index in [1.54, 1.807) is 0 Å². The molecule has 1 aliphatic rings. The minimum absolute atomic E-state index is 0.526. The lowest BCUT2D eigenvalue weighted by Gasteiger charge is -2.20. The Hall–Kier alpha value is -1.69. The Morgan fingerprint density at radius 1 is 1.40 bits per heavy atom. The second-order valence-electron chi connectivity index (χ2n) is 4.53. The molecule has 106 valence electrons. The molecule has 2 aromatic rings. The van der Waals surface area contributed by atoms with Gasteiger partial charge in [0.2, 0.25) is 0 Å². The molecule has 0 bridgehead atoms. The van der Waals surface area contributed by atoms with Crippen LogP contribution in [0.2, 0.25) is 0 Å². The Morgan fingerprint density at radius 2 is 2.35 bits per heavy atom. The van der Waals surface area contributed by atoms with Gasteiger partial charge in [-0.05, 0) is 24.3 Å². The molecular weight excluding hydrogens is 274 g/mol. The third-order valence-corrected chi connectivity index (χ3v) is 4.12. The van der Waals surface area contributed by atoms with Crippen molar-refractivity contribution < 1.29 is 9.26 Å². The van der Waals surface area contributed by atoms with Gasteiger partial charge in [0.05, 0.1) is 17.0 Å². The molecule has 2 heterocycles. The molecule has 0 aliphatic carbocycles. The molecule has 1 N–H and O–H groups in total. The fourth-order valence-electron chi connectivity index (χ4n) is 2.07. The summed E-state index contributed by atoms with van der Waals surface area (Å²) in [4.78, 5) is 4.45. The van der Waals surface area contributed by atoms with Gasteiger partial charge < -0.3 is 14.6 Å². The number of nitrogens with zero attached hydrogens (tertiary/aromatic N) is 2. The highest BCUT2D eigenvalue weighted by Crippen LogP contribution is 2.37. The summed E-state index contributed by atoms with van der Waals surface area (Å²) in [6.07, 6.45) is 1.15. The summed E-state index contributed by atoms with van der Waals surface area (Å²) in [6, 6.07) is 5.90. The van der Waals surface area contributed by atoms with Gasteiger partial charge in [-0.1, -0.05) is 18.1 Å². The summed E-state index contributed by atoms with van der Waals surface area (Å²) >= 11 is 1.82. The van der Waals surface area contributed by atoms with E-state index < -0.39 is 0 Å². The maximum absolute atomic E-state index is 5.72. The van der Waals surface area contributed by atoms with Gasteiger partial charge in [-0.3, -0.25) is 0 Å². The molecule has 0 spiro atoms. The number of thioether (sulfide) groups is 1. The number of hydrogen-bond acceptors (Lipinski definition) is 6. The van der Waals surface area contributed by atoms with Crippen molar-refractivity contribution in [1.82, 2.24) is 10.1 Å². The van der Waals surface area contributed by atoms with E-state index >= 15 is 0 Å². The molecule has 0 atom stereocenters. The highest BCUT2D eigenvalue weighted by molar-refractivity contribution is 7.98. The number of para-hydroxylation sites is 1. The smallest absolute Gasteiger partial charge is 0.261 e.